The molecule has 0 radical (unpaired) electrons. The van der Waals surface area contributed by atoms with E-state index in [-0.39, 0.29) is 5.63 Å². The standard InChI is InChI=1S/C17H20O3/c1-11(2)10-19-12-7-8-14-13-5-3-4-6-15(13)17(18)20-16(14)9-12/h7-9,11H,3-6,10H2,1-2H3. The van der Waals surface area contributed by atoms with E-state index >= 15 is 0 Å². The van der Waals surface area contributed by atoms with Gasteiger partial charge < -0.3 is 9.15 Å². The second kappa shape index (κ2) is 5.31. The Kier molecular flexibility index (Phi) is 3.51. The van der Waals surface area contributed by atoms with Crippen LogP contribution in [0.15, 0.2) is 27.4 Å². The summed E-state index contributed by atoms with van der Waals surface area (Å²) in [6.07, 6.45) is 4.05. The first kappa shape index (κ1) is 13.2. The molecule has 3 heteroatoms. The molecule has 2 aromatic rings. The zero-order valence-electron chi connectivity index (χ0n) is 12.1. The van der Waals surface area contributed by atoms with Crippen molar-refractivity contribution in [1.29, 1.82) is 0 Å². The van der Waals surface area contributed by atoms with Gasteiger partial charge in [-0.25, -0.2) is 4.79 Å². The van der Waals surface area contributed by atoms with Crippen molar-refractivity contribution in [2.75, 3.05) is 6.61 Å². The molecule has 0 spiro atoms. The third-order valence-corrected chi connectivity index (χ3v) is 3.78. The van der Waals surface area contributed by atoms with E-state index in [0.717, 1.165) is 42.4 Å². The molecule has 0 saturated carbocycles. The minimum absolute atomic E-state index is 0.173. The molecule has 0 aliphatic heterocycles. The molecule has 1 aliphatic carbocycles. The van der Waals surface area contributed by atoms with Gasteiger partial charge in [0.05, 0.1) is 6.61 Å². The van der Waals surface area contributed by atoms with Gasteiger partial charge in [-0.3, -0.25) is 0 Å². The van der Waals surface area contributed by atoms with Crippen molar-refractivity contribution in [3.63, 3.8) is 0 Å². The van der Waals surface area contributed by atoms with Crippen LogP contribution in [0.2, 0.25) is 0 Å². The lowest BCUT2D eigenvalue weighted by atomic mass is 9.91. The van der Waals surface area contributed by atoms with Crippen LogP contribution in [0.3, 0.4) is 0 Å². The summed E-state index contributed by atoms with van der Waals surface area (Å²) < 4.78 is 11.2. The minimum atomic E-state index is -0.173. The Morgan fingerprint density at radius 3 is 2.70 bits per heavy atom. The highest BCUT2D eigenvalue weighted by Crippen LogP contribution is 2.29. The van der Waals surface area contributed by atoms with Crippen molar-refractivity contribution in [2.24, 2.45) is 5.92 Å². The molecule has 3 rings (SSSR count). The predicted octanol–water partition coefficient (Wildman–Crippen LogP) is 3.71. The van der Waals surface area contributed by atoms with Crippen LogP contribution < -0.4 is 10.4 Å². The Morgan fingerprint density at radius 2 is 1.95 bits per heavy atom. The number of ether oxygens (including phenoxy) is 1. The van der Waals surface area contributed by atoms with Crippen molar-refractivity contribution in [2.45, 2.75) is 39.5 Å². The predicted molar refractivity (Wildman–Crippen MR) is 79.5 cm³/mol. The van der Waals surface area contributed by atoms with E-state index in [4.69, 9.17) is 9.15 Å². The number of hydrogen-bond acceptors (Lipinski definition) is 3. The quantitative estimate of drug-likeness (QED) is 0.800. The largest absolute Gasteiger partial charge is 0.493 e. The number of fused-ring (bicyclic) bond motifs is 3. The maximum atomic E-state index is 12.0. The van der Waals surface area contributed by atoms with Crippen molar-refractivity contribution in [1.82, 2.24) is 0 Å². The molecule has 1 heterocycles. The number of benzene rings is 1. The maximum Gasteiger partial charge on any atom is 0.339 e. The Balaban J connectivity index is 2.05. The van der Waals surface area contributed by atoms with Gasteiger partial charge in [0, 0.05) is 17.0 Å². The third kappa shape index (κ3) is 2.45. The van der Waals surface area contributed by atoms with Crippen LogP contribution in [0, 0.1) is 5.92 Å². The Bertz CT molecular complexity index is 682. The highest BCUT2D eigenvalue weighted by molar-refractivity contribution is 5.82. The van der Waals surface area contributed by atoms with Crippen molar-refractivity contribution >= 4 is 11.0 Å². The van der Waals surface area contributed by atoms with Gasteiger partial charge >= 0.3 is 5.63 Å². The zero-order valence-corrected chi connectivity index (χ0v) is 12.1. The lowest BCUT2D eigenvalue weighted by molar-refractivity contribution is 0.271. The van der Waals surface area contributed by atoms with Crippen LogP contribution in [0.4, 0.5) is 0 Å². The van der Waals surface area contributed by atoms with Crippen molar-refractivity contribution in [3.05, 3.63) is 39.7 Å². The number of hydrogen-bond donors (Lipinski definition) is 0. The first-order valence-corrected chi connectivity index (χ1v) is 7.36. The summed E-state index contributed by atoms with van der Waals surface area (Å²) in [5, 5.41) is 1.07. The summed E-state index contributed by atoms with van der Waals surface area (Å²) in [6.45, 7) is 4.88. The summed E-state index contributed by atoms with van der Waals surface area (Å²) in [5.74, 6) is 1.24. The summed E-state index contributed by atoms with van der Waals surface area (Å²) in [5.41, 5.74) is 2.53. The third-order valence-electron chi connectivity index (χ3n) is 3.78. The van der Waals surface area contributed by atoms with Gasteiger partial charge in [-0.1, -0.05) is 13.8 Å². The van der Waals surface area contributed by atoms with E-state index in [0.29, 0.717) is 18.1 Å². The van der Waals surface area contributed by atoms with Crippen LogP contribution >= 0.6 is 0 Å². The molecule has 1 aromatic heterocycles. The van der Waals surface area contributed by atoms with Crippen LogP contribution in [-0.2, 0) is 12.8 Å². The fraction of sp³-hybridized carbons (Fsp3) is 0.471. The molecular formula is C17H20O3. The summed E-state index contributed by atoms with van der Waals surface area (Å²) in [7, 11) is 0. The Hall–Kier alpha value is -1.77. The second-order valence-electron chi connectivity index (χ2n) is 5.92. The van der Waals surface area contributed by atoms with E-state index < -0.39 is 0 Å². The van der Waals surface area contributed by atoms with Crippen LogP contribution in [-0.4, -0.2) is 6.61 Å². The lowest BCUT2D eigenvalue weighted by Gasteiger charge is -2.16. The molecule has 0 unspecified atom stereocenters. The van der Waals surface area contributed by atoms with Gasteiger partial charge in [0.1, 0.15) is 11.3 Å². The molecule has 0 fully saturated rings. The molecule has 0 amide bonds. The Labute approximate surface area is 118 Å². The molecule has 0 bridgehead atoms. The average molecular weight is 272 g/mol. The monoisotopic (exact) mass is 272 g/mol. The van der Waals surface area contributed by atoms with Gasteiger partial charge in [-0.15, -0.1) is 0 Å². The van der Waals surface area contributed by atoms with Crippen molar-refractivity contribution < 1.29 is 9.15 Å². The van der Waals surface area contributed by atoms with Gasteiger partial charge in [0.15, 0.2) is 0 Å². The van der Waals surface area contributed by atoms with Crippen LogP contribution in [0.5, 0.6) is 5.75 Å². The number of rotatable bonds is 3. The molecule has 1 aliphatic rings. The number of aryl methyl sites for hydroxylation is 1. The molecule has 0 atom stereocenters. The molecular weight excluding hydrogens is 252 g/mol. The topological polar surface area (TPSA) is 39.4 Å². The molecule has 3 nitrogen and oxygen atoms in total. The summed E-state index contributed by atoms with van der Waals surface area (Å²) in [6, 6.07) is 5.84. The smallest absolute Gasteiger partial charge is 0.339 e. The van der Waals surface area contributed by atoms with Crippen molar-refractivity contribution in [3.8, 4) is 5.75 Å². The molecule has 0 saturated heterocycles. The summed E-state index contributed by atoms with van der Waals surface area (Å²) in [4.78, 5) is 12.0. The average Bonchev–Trinajstić information content (AvgIpc) is 2.45. The fourth-order valence-corrected chi connectivity index (χ4v) is 2.78. The van der Waals surface area contributed by atoms with Gasteiger partial charge in [0.25, 0.3) is 0 Å². The highest BCUT2D eigenvalue weighted by atomic mass is 16.5. The van der Waals surface area contributed by atoms with Gasteiger partial charge in [0.2, 0.25) is 0 Å². The van der Waals surface area contributed by atoms with E-state index in [1.807, 2.05) is 18.2 Å². The maximum absolute atomic E-state index is 12.0. The minimum Gasteiger partial charge on any atom is -0.493 e. The first-order chi connectivity index (χ1) is 9.65. The normalized spacial score (nSPS) is 14.6. The Morgan fingerprint density at radius 1 is 1.20 bits per heavy atom. The fourth-order valence-electron chi connectivity index (χ4n) is 2.78. The highest BCUT2D eigenvalue weighted by Gasteiger charge is 2.18. The van der Waals surface area contributed by atoms with Gasteiger partial charge in [-0.05, 0) is 49.3 Å². The molecule has 0 N–H and O–H groups in total. The van der Waals surface area contributed by atoms with Crippen LogP contribution in [0.25, 0.3) is 11.0 Å². The SMILES string of the molecule is CC(C)COc1ccc2c3c(c(=O)oc2c1)CCCC3. The van der Waals surface area contributed by atoms with E-state index in [1.54, 1.807) is 0 Å². The van der Waals surface area contributed by atoms with E-state index in [9.17, 15) is 4.79 Å². The molecule has 20 heavy (non-hydrogen) atoms. The van der Waals surface area contributed by atoms with Crippen LogP contribution in [0.1, 0.15) is 37.8 Å². The van der Waals surface area contributed by atoms with Gasteiger partial charge in [-0.2, -0.15) is 0 Å². The lowest BCUT2D eigenvalue weighted by Crippen LogP contribution is -2.15. The summed E-state index contributed by atoms with van der Waals surface area (Å²) >= 11 is 0. The molecule has 106 valence electrons. The second-order valence-corrected chi connectivity index (χ2v) is 5.92. The first-order valence-electron chi connectivity index (χ1n) is 7.36. The molecule has 1 aromatic carbocycles. The van der Waals surface area contributed by atoms with E-state index in [1.165, 1.54) is 5.56 Å². The zero-order chi connectivity index (χ0) is 14.1. The van der Waals surface area contributed by atoms with E-state index in [2.05, 4.69) is 13.8 Å².